The van der Waals surface area contributed by atoms with Gasteiger partial charge in [-0.05, 0) is 50.8 Å². The number of hydrogen-bond donors (Lipinski definition) is 2. The van der Waals surface area contributed by atoms with Crippen LogP contribution in [0.3, 0.4) is 0 Å². The Kier molecular flexibility index (Phi) is 6.84. The van der Waals surface area contributed by atoms with E-state index in [0.717, 1.165) is 43.6 Å². The van der Waals surface area contributed by atoms with Gasteiger partial charge in [0.15, 0.2) is 5.96 Å². The maximum absolute atomic E-state index is 12.9. The van der Waals surface area contributed by atoms with E-state index < -0.39 is 0 Å². The van der Waals surface area contributed by atoms with Gasteiger partial charge in [0, 0.05) is 38.8 Å². The van der Waals surface area contributed by atoms with E-state index in [1.54, 1.807) is 7.05 Å². The van der Waals surface area contributed by atoms with Gasteiger partial charge >= 0.3 is 0 Å². The van der Waals surface area contributed by atoms with Crippen LogP contribution in [-0.2, 0) is 6.42 Å². The molecule has 0 aromatic heterocycles. The van der Waals surface area contributed by atoms with Crippen molar-refractivity contribution in [3.63, 3.8) is 0 Å². The average Bonchev–Trinajstić information content (AvgIpc) is 3.36. The van der Waals surface area contributed by atoms with Crippen molar-refractivity contribution in [2.75, 3.05) is 26.7 Å². The lowest BCUT2D eigenvalue weighted by Gasteiger charge is -2.26. The molecule has 1 aromatic rings. The molecule has 1 fully saturated rings. The highest BCUT2D eigenvalue weighted by Gasteiger charge is 2.29. The van der Waals surface area contributed by atoms with E-state index in [4.69, 9.17) is 0 Å². The molecule has 5 heteroatoms. The third kappa shape index (κ3) is 6.18. The Hall–Kier alpha value is -1.62. The van der Waals surface area contributed by atoms with Crippen LogP contribution in [0.15, 0.2) is 29.3 Å². The predicted molar refractivity (Wildman–Crippen MR) is 94.3 cm³/mol. The Morgan fingerprint density at radius 1 is 1.22 bits per heavy atom. The van der Waals surface area contributed by atoms with E-state index in [1.807, 2.05) is 12.1 Å². The normalized spacial score (nSPS) is 15.3. The van der Waals surface area contributed by atoms with Crippen molar-refractivity contribution in [3.8, 4) is 0 Å². The van der Waals surface area contributed by atoms with Crippen LogP contribution < -0.4 is 10.6 Å². The second-order valence-electron chi connectivity index (χ2n) is 6.36. The van der Waals surface area contributed by atoms with Gasteiger partial charge < -0.3 is 10.6 Å². The Balaban J connectivity index is 1.66. The van der Waals surface area contributed by atoms with E-state index in [2.05, 4.69) is 34.4 Å². The Morgan fingerprint density at radius 2 is 1.87 bits per heavy atom. The quantitative estimate of drug-likeness (QED) is 0.571. The van der Waals surface area contributed by atoms with Crippen LogP contribution in [0.1, 0.15) is 32.3 Å². The van der Waals surface area contributed by atoms with E-state index in [-0.39, 0.29) is 5.82 Å². The lowest BCUT2D eigenvalue weighted by molar-refractivity contribution is 0.215. The summed E-state index contributed by atoms with van der Waals surface area (Å²) in [5.41, 5.74) is 1.12. The van der Waals surface area contributed by atoms with Crippen LogP contribution in [-0.4, -0.2) is 49.6 Å². The first-order chi connectivity index (χ1) is 11.1. The molecule has 0 aliphatic heterocycles. The van der Waals surface area contributed by atoms with Crippen molar-refractivity contribution in [2.45, 2.75) is 45.2 Å². The third-order valence-corrected chi connectivity index (χ3v) is 4.18. The standard InChI is InChI=1S/C18H29FN4/c1-14(2)23(17-8-9-17)13-12-22-18(20-3)21-11-10-15-4-6-16(19)7-5-15/h4-7,14,17H,8-13H2,1-3H3,(H2,20,21,22). The van der Waals surface area contributed by atoms with Gasteiger partial charge in [-0.1, -0.05) is 12.1 Å². The summed E-state index contributed by atoms with van der Waals surface area (Å²) >= 11 is 0. The Morgan fingerprint density at radius 3 is 2.43 bits per heavy atom. The van der Waals surface area contributed by atoms with Crippen molar-refractivity contribution >= 4 is 5.96 Å². The van der Waals surface area contributed by atoms with Crippen molar-refractivity contribution < 1.29 is 4.39 Å². The molecular weight excluding hydrogens is 291 g/mol. The fourth-order valence-corrected chi connectivity index (χ4v) is 2.77. The molecule has 0 saturated heterocycles. The van der Waals surface area contributed by atoms with Gasteiger partial charge in [-0.3, -0.25) is 9.89 Å². The predicted octanol–water partition coefficient (Wildman–Crippen LogP) is 2.41. The number of halogens is 1. The molecule has 2 rings (SSSR count). The fraction of sp³-hybridized carbons (Fsp3) is 0.611. The maximum atomic E-state index is 12.9. The molecule has 0 atom stereocenters. The van der Waals surface area contributed by atoms with E-state index >= 15 is 0 Å². The van der Waals surface area contributed by atoms with Crippen LogP contribution in [0.2, 0.25) is 0 Å². The number of nitrogens with one attached hydrogen (secondary N) is 2. The largest absolute Gasteiger partial charge is 0.356 e. The zero-order chi connectivity index (χ0) is 16.7. The van der Waals surface area contributed by atoms with E-state index in [9.17, 15) is 4.39 Å². The first kappa shape index (κ1) is 17.7. The monoisotopic (exact) mass is 320 g/mol. The van der Waals surface area contributed by atoms with Gasteiger partial charge in [0.1, 0.15) is 5.82 Å². The summed E-state index contributed by atoms with van der Waals surface area (Å²) in [5.74, 6) is 0.635. The lowest BCUT2D eigenvalue weighted by atomic mass is 10.1. The molecule has 1 aromatic carbocycles. The number of benzene rings is 1. The number of rotatable bonds is 8. The van der Waals surface area contributed by atoms with Gasteiger partial charge in [-0.25, -0.2) is 4.39 Å². The van der Waals surface area contributed by atoms with E-state index in [0.29, 0.717) is 6.04 Å². The molecule has 1 aliphatic carbocycles. The summed E-state index contributed by atoms with van der Waals surface area (Å²) in [7, 11) is 1.79. The summed E-state index contributed by atoms with van der Waals surface area (Å²) < 4.78 is 12.9. The molecule has 0 unspecified atom stereocenters. The summed E-state index contributed by atoms with van der Waals surface area (Å²) in [6.07, 6.45) is 3.52. The zero-order valence-corrected chi connectivity index (χ0v) is 14.5. The van der Waals surface area contributed by atoms with E-state index in [1.165, 1.54) is 25.0 Å². The molecule has 23 heavy (non-hydrogen) atoms. The second kappa shape index (κ2) is 8.87. The highest BCUT2D eigenvalue weighted by molar-refractivity contribution is 5.79. The Labute approximate surface area is 139 Å². The SMILES string of the molecule is CN=C(NCCc1ccc(F)cc1)NCCN(C(C)C)C1CC1. The average molecular weight is 320 g/mol. The molecule has 1 saturated carbocycles. The van der Waals surface area contributed by atoms with Crippen LogP contribution in [0.5, 0.6) is 0 Å². The summed E-state index contributed by atoms with van der Waals surface area (Å²) in [4.78, 5) is 6.81. The molecule has 1 aliphatic rings. The molecule has 0 radical (unpaired) electrons. The number of guanidine groups is 1. The Bertz CT molecular complexity index is 492. The second-order valence-corrected chi connectivity index (χ2v) is 6.36. The van der Waals surface area contributed by atoms with Gasteiger partial charge in [-0.2, -0.15) is 0 Å². The number of aliphatic imine (C=N–C) groups is 1. The van der Waals surface area contributed by atoms with Gasteiger partial charge in [-0.15, -0.1) is 0 Å². The molecule has 0 heterocycles. The number of hydrogen-bond acceptors (Lipinski definition) is 2. The highest BCUT2D eigenvalue weighted by atomic mass is 19.1. The topological polar surface area (TPSA) is 39.7 Å². The molecule has 128 valence electrons. The molecule has 0 spiro atoms. The van der Waals surface area contributed by atoms with Crippen LogP contribution in [0.25, 0.3) is 0 Å². The minimum absolute atomic E-state index is 0.190. The van der Waals surface area contributed by atoms with Crippen molar-refractivity contribution in [3.05, 3.63) is 35.6 Å². The van der Waals surface area contributed by atoms with Crippen LogP contribution in [0.4, 0.5) is 4.39 Å². The summed E-state index contributed by atoms with van der Waals surface area (Å²) in [6.45, 7) is 7.23. The summed E-state index contributed by atoms with van der Waals surface area (Å²) in [6, 6.07) is 8.02. The fourth-order valence-electron chi connectivity index (χ4n) is 2.77. The van der Waals surface area contributed by atoms with Crippen molar-refractivity contribution in [1.82, 2.24) is 15.5 Å². The van der Waals surface area contributed by atoms with Gasteiger partial charge in [0.25, 0.3) is 0 Å². The first-order valence-electron chi connectivity index (χ1n) is 8.55. The van der Waals surface area contributed by atoms with Crippen LogP contribution >= 0.6 is 0 Å². The molecular formula is C18H29FN4. The third-order valence-electron chi connectivity index (χ3n) is 4.18. The lowest BCUT2D eigenvalue weighted by Crippen LogP contribution is -2.44. The molecule has 2 N–H and O–H groups in total. The van der Waals surface area contributed by atoms with Crippen molar-refractivity contribution in [2.24, 2.45) is 4.99 Å². The first-order valence-corrected chi connectivity index (χ1v) is 8.55. The van der Waals surface area contributed by atoms with Crippen LogP contribution in [0, 0.1) is 5.82 Å². The van der Waals surface area contributed by atoms with Gasteiger partial charge in [0.05, 0.1) is 0 Å². The smallest absolute Gasteiger partial charge is 0.191 e. The zero-order valence-electron chi connectivity index (χ0n) is 14.5. The minimum Gasteiger partial charge on any atom is -0.356 e. The maximum Gasteiger partial charge on any atom is 0.191 e. The summed E-state index contributed by atoms with van der Waals surface area (Å²) in [5, 5.41) is 6.68. The molecule has 4 nitrogen and oxygen atoms in total. The molecule has 0 bridgehead atoms. The number of nitrogens with zero attached hydrogens (tertiary/aromatic N) is 2. The van der Waals surface area contributed by atoms with Gasteiger partial charge in [0.2, 0.25) is 0 Å². The molecule has 0 amide bonds. The minimum atomic E-state index is -0.190. The van der Waals surface area contributed by atoms with Crippen molar-refractivity contribution in [1.29, 1.82) is 0 Å². The highest BCUT2D eigenvalue weighted by Crippen LogP contribution is 2.27.